The van der Waals surface area contributed by atoms with Gasteiger partial charge >= 0.3 is 6.09 Å². The molecular weight excluding hydrogens is 432 g/mol. The van der Waals surface area contributed by atoms with Crippen LogP contribution in [0.15, 0.2) is 24.3 Å². The van der Waals surface area contributed by atoms with Crippen molar-refractivity contribution in [3.8, 4) is 0 Å². The molecule has 0 aromatic heterocycles. The van der Waals surface area contributed by atoms with Gasteiger partial charge in [0.15, 0.2) is 0 Å². The highest BCUT2D eigenvalue weighted by Crippen LogP contribution is 2.28. The molecule has 1 aromatic carbocycles. The lowest BCUT2D eigenvalue weighted by Crippen LogP contribution is -2.47. The summed E-state index contributed by atoms with van der Waals surface area (Å²) in [6.07, 6.45) is 3.49. The third-order valence-corrected chi connectivity index (χ3v) is 6.99. The lowest BCUT2D eigenvalue weighted by atomic mass is 10.1. The SMILES string of the molecule is O=C([C@@H]1C[C@H](S)CN1C(=O)OCc1ccc([N+](=O)[O-])cc1)N1CC[C@@H](CN2CCCC2)C1. The summed E-state index contributed by atoms with van der Waals surface area (Å²) < 4.78 is 5.42. The number of hydrogen-bond acceptors (Lipinski definition) is 7. The Morgan fingerprint density at radius 2 is 1.84 bits per heavy atom. The summed E-state index contributed by atoms with van der Waals surface area (Å²) in [4.78, 5) is 42.1. The molecule has 174 valence electrons. The standard InChI is InChI=1S/C22H30N4O5S/c27-21(24-10-7-17(13-24)12-23-8-1-2-9-23)20-11-19(32)14-25(20)22(28)31-15-16-3-5-18(6-4-16)26(29)30/h3-6,17,19-20,32H,1-2,7-15H2/t17-,19-,20-/m0/s1. The van der Waals surface area contributed by atoms with Gasteiger partial charge in [0.1, 0.15) is 12.6 Å². The number of non-ortho nitro benzene ring substituents is 1. The molecule has 3 heterocycles. The van der Waals surface area contributed by atoms with Crippen LogP contribution in [0, 0.1) is 16.0 Å². The number of thiol groups is 1. The van der Waals surface area contributed by atoms with Gasteiger partial charge in [-0.3, -0.25) is 19.8 Å². The zero-order chi connectivity index (χ0) is 22.7. The van der Waals surface area contributed by atoms with E-state index in [0.717, 1.165) is 39.1 Å². The molecule has 10 heteroatoms. The van der Waals surface area contributed by atoms with Gasteiger partial charge in [0, 0.05) is 43.6 Å². The summed E-state index contributed by atoms with van der Waals surface area (Å²) in [5, 5.41) is 10.7. The average molecular weight is 463 g/mol. The van der Waals surface area contributed by atoms with Crippen molar-refractivity contribution in [2.75, 3.05) is 39.3 Å². The quantitative estimate of drug-likeness (QED) is 0.397. The largest absolute Gasteiger partial charge is 0.445 e. The maximum absolute atomic E-state index is 13.2. The number of amides is 2. The Balaban J connectivity index is 1.31. The molecule has 0 saturated carbocycles. The van der Waals surface area contributed by atoms with Crippen molar-refractivity contribution < 1.29 is 19.2 Å². The van der Waals surface area contributed by atoms with E-state index in [1.165, 1.54) is 29.9 Å². The van der Waals surface area contributed by atoms with Crippen molar-refractivity contribution in [3.63, 3.8) is 0 Å². The number of ether oxygens (including phenoxy) is 1. The Hall–Kier alpha value is -2.33. The van der Waals surface area contributed by atoms with Gasteiger partial charge in [-0.05, 0) is 62.4 Å². The molecule has 32 heavy (non-hydrogen) atoms. The number of rotatable bonds is 6. The fourth-order valence-corrected chi connectivity index (χ4v) is 5.29. The van der Waals surface area contributed by atoms with Crippen LogP contribution in [-0.2, 0) is 16.1 Å². The molecule has 0 radical (unpaired) electrons. The Kier molecular flexibility index (Phi) is 7.20. The second kappa shape index (κ2) is 10.1. The maximum Gasteiger partial charge on any atom is 0.410 e. The van der Waals surface area contributed by atoms with E-state index in [-0.39, 0.29) is 23.5 Å². The van der Waals surface area contributed by atoms with Crippen LogP contribution in [0.4, 0.5) is 10.5 Å². The zero-order valence-electron chi connectivity index (χ0n) is 18.1. The van der Waals surface area contributed by atoms with Gasteiger partial charge in [-0.2, -0.15) is 12.6 Å². The lowest BCUT2D eigenvalue weighted by molar-refractivity contribution is -0.384. The summed E-state index contributed by atoms with van der Waals surface area (Å²) in [5.74, 6) is 0.477. The van der Waals surface area contributed by atoms with Crippen molar-refractivity contribution in [1.82, 2.24) is 14.7 Å². The Bertz CT molecular complexity index is 845. The van der Waals surface area contributed by atoms with E-state index >= 15 is 0 Å². The van der Waals surface area contributed by atoms with Crippen LogP contribution in [0.3, 0.4) is 0 Å². The van der Waals surface area contributed by atoms with Crippen LogP contribution in [0.5, 0.6) is 0 Å². The molecule has 3 aliphatic heterocycles. The van der Waals surface area contributed by atoms with Crippen LogP contribution in [0.2, 0.25) is 0 Å². The monoisotopic (exact) mass is 462 g/mol. The van der Waals surface area contributed by atoms with Crippen LogP contribution < -0.4 is 0 Å². The Morgan fingerprint density at radius 3 is 2.53 bits per heavy atom. The van der Waals surface area contributed by atoms with Crippen molar-refractivity contribution in [3.05, 3.63) is 39.9 Å². The summed E-state index contributed by atoms with van der Waals surface area (Å²) in [6, 6.07) is 5.32. The number of hydrogen-bond donors (Lipinski definition) is 1. The Morgan fingerprint density at radius 1 is 1.12 bits per heavy atom. The van der Waals surface area contributed by atoms with Gasteiger partial charge in [-0.15, -0.1) is 0 Å². The predicted molar refractivity (Wildman–Crippen MR) is 122 cm³/mol. The highest BCUT2D eigenvalue weighted by molar-refractivity contribution is 7.81. The molecule has 9 nitrogen and oxygen atoms in total. The zero-order valence-corrected chi connectivity index (χ0v) is 19.0. The number of carbonyl (C=O) groups is 2. The number of carbonyl (C=O) groups excluding carboxylic acids is 2. The second-order valence-corrected chi connectivity index (χ2v) is 9.71. The highest BCUT2D eigenvalue weighted by atomic mass is 32.1. The summed E-state index contributed by atoms with van der Waals surface area (Å²) in [5.41, 5.74) is 0.634. The summed E-state index contributed by atoms with van der Waals surface area (Å²) in [7, 11) is 0. The molecule has 4 rings (SSSR count). The molecule has 0 aliphatic carbocycles. The maximum atomic E-state index is 13.2. The van der Waals surface area contributed by atoms with Crippen molar-refractivity contribution in [2.45, 2.75) is 43.6 Å². The van der Waals surface area contributed by atoms with E-state index in [1.54, 1.807) is 12.1 Å². The molecule has 0 bridgehead atoms. The second-order valence-electron chi connectivity index (χ2n) is 8.98. The van der Waals surface area contributed by atoms with Gasteiger partial charge in [0.2, 0.25) is 5.91 Å². The third kappa shape index (κ3) is 5.35. The van der Waals surface area contributed by atoms with E-state index in [1.807, 2.05) is 4.90 Å². The molecule has 2 amide bonds. The molecule has 1 aromatic rings. The molecule has 3 aliphatic rings. The molecule has 3 atom stereocenters. The summed E-state index contributed by atoms with van der Waals surface area (Å²) >= 11 is 4.52. The van der Waals surface area contributed by atoms with Crippen LogP contribution in [0.1, 0.15) is 31.2 Å². The van der Waals surface area contributed by atoms with Gasteiger partial charge in [0.05, 0.1) is 4.92 Å². The minimum Gasteiger partial charge on any atom is -0.445 e. The van der Waals surface area contributed by atoms with Gasteiger partial charge in [0.25, 0.3) is 5.69 Å². The van der Waals surface area contributed by atoms with Crippen LogP contribution >= 0.6 is 12.6 Å². The van der Waals surface area contributed by atoms with Crippen molar-refractivity contribution in [2.24, 2.45) is 5.92 Å². The van der Waals surface area contributed by atoms with Gasteiger partial charge in [-0.1, -0.05) is 0 Å². The van der Waals surface area contributed by atoms with E-state index in [0.29, 0.717) is 24.4 Å². The third-order valence-electron chi connectivity index (χ3n) is 6.62. The molecule has 0 spiro atoms. The van der Waals surface area contributed by atoms with E-state index in [2.05, 4.69) is 17.5 Å². The highest BCUT2D eigenvalue weighted by Gasteiger charge is 2.42. The number of nitrogens with zero attached hydrogens (tertiary/aromatic N) is 4. The molecule has 0 N–H and O–H groups in total. The molecule has 3 fully saturated rings. The average Bonchev–Trinajstić information content (AvgIpc) is 3.53. The van der Waals surface area contributed by atoms with E-state index in [4.69, 9.17) is 4.74 Å². The molecule has 3 saturated heterocycles. The fraction of sp³-hybridized carbons (Fsp3) is 0.636. The first-order valence-electron chi connectivity index (χ1n) is 11.3. The van der Waals surface area contributed by atoms with E-state index < -0.39 is 17.1 Å². The number of nitro benzene ring substituents is 1. The van der Waals surface area contributed by atoms with Crippen LogP contribution in [0.25, 0.3) is 0 Å². The molecular formula is C22H30N4O5S. The number of nitro groups is 1. The minimum absolute atomic E-state index is 0.00685. The number of likely N-dealkylation sites (tertiary alicyclic amines) is 3. The Labute approximate surface area is 193 Å². The number of benzene rings is 1. The first-order chi connectivity index (χ1) is 15.4. The first-order valence-corrected chi connectivity index (χ1v) is 11.8. The van der Waals surface area contributed by atoms with Crippen LogP contribution in [-0.4, -0.2) is 82.2 Å². The van der Waals surface area contributed by atoms with Crippen molar-refractivity contribution in [1.29, 1.82) is 0 Å². The van der Waals surface area contributed by atoms with Gasteiger partial charge < -0.3 is 14.5 Å². The molecule has 0 unspecified atom stereocenters. The van der Waals surface area contributed by atoms with Crippen molar-refractivity contribution >= 4 is 30.3 Å². The van der Waals surface area contributed by atoms with E-state index in [9.17, 15) is 19.7 Å². The smallest absolute Gasteiger partial charge is 0.410 e. The summed E-state index contributed by atoms with van der Waals surface area (Å²) in [6.45, 7) is 5.19. The van der Waals surface area contributed by atoms with Gasteiger partial charge in [-0.25, -0.2) is 4.79 Å². The minimum atomic E-state index is -0.550. The normalized spacial score (nSPS) is 26.0. The lowest BCUT2D eigenvalue weighted by Gasteiger charge is -2.27. The topological polar surface area (TPSA) is 96.2 Å². The fourth-order valence-electron chi connectivity index (χ4n) is 4.91. The predicted octanol–water partition coefficient (Wildman–Crippen LogP) is 2.55. The first kappa shape index (κ1) is 22.8.